The van der Waals surface area contributed by atoms with Gasteiger partial charge in [0.15, 0.2) is 0 Å². The monoisotopic (exact) mass is 392 g/mol. The van der Waals surface area contributed by atoms with E-state index in [1.165, 1.54) is 30.4 Å². The van der Waals surface area contributed by atoms with Crippen LogP contribution < -0.4 is 5.56 Å². The summed E-state index contributed by atoms with van der Waals surface area (Å²) in [4.78, 5) is 30.3. The SMILES string of the molecule is CC(=O)CCn1c(-c2ccccc2)nc2scc(-c3ccc(F)cc3)c2c1=O. The van der Waals surface area contributed by atoms with Crippen LogP contribution in [0.25, 0.3) is 32.7 Å². The van der Waals surface area contributed by atoms with Crippen LogP contribution in [0.1, 0.15) is 13.3 Å². The van der Waals surface area contributed by atoms with Crippen molar-refractivity contribution in [2.24, 2.45) is 0 Å². The van der Waals surface area contributed by atoms with E-state index in [-0.39, 0.29) is 30.1 Å². The van der Waals surface area contributed by atoms with Crippen molar-refractivity contribution in [3.05, 3.63) is 76.1 Å². The second kappa shape index (κ2) is 7.48. The highest BCUT2D eigenvalue weighted by atomic mass is 32.1. The molecule has 0 unspecified atom stereocenters. The predicted molar refractivity (Wildman–Crippen MR) is 110 cm³/mol. The van der Waals surface area contributed by atoms with Gasteiger partial charge in [-0.05, 0) is 24.6 Å². The van der Waals surface area contributed by atoms with Crippen LogP contribution in [0.2, 0.25) is 0 Å². The van der Waals surface area contributed by atoms with E-state index < -0.39 is 0 Å². The summed E-state index contributed by atoms with van der Waals surface area (Å²) in [5.41, 5.74) is 2.12. The van der Waals surface area contributed by atoms with Crippen LogP contribution in [0.3, 0.4) is 0 Å². The van der Waals surface area contributed by atoms with E-state index in [1.807, 2.05) is 35.7 Å². The van der Waals surface area contributed by atoms with Gasteiger partial charge in [-0.15, -0.1) is 11.3 Å². The van der Waals surface area contributed by atoms with E-state index in [0.29, 0.717) is 16.0 Å². The van der Waals surface area contributed by atoms with E-state index in [1.54, 1.807) is 16.7 Å². The number of hydrogen-bond acceptors (Lipinski definition) is 4. The molecule has 2 aromatic carbocycles. The lowest BCUT2D eigenvalue weighted by Crippen LogP contribution is -2.24. The molecule has 4 rings (SSSR count). The van der Waals surface area contributed by atoms with Crippen molar-refractivity contribution in [2.75, 3.05) is 0 Å². The molecule has 0 aliphatic heterocycles. The zero-order valence-electron chi connectivity index (χ0n) is 15.2. The molecule has 0 atom stereocenters. The van der Waals surface area contributed by atoms with Gasteiger partial charge in [0.05, 0.1) is 5.39 Å². The highest BCUT2D eigenvalue weighted by molar-refractivity contribution is 7.17. The number of halogens is 1. The first kappa shape index (κ1) is 18.3. The number of fused-ring (bicyclic) bond motifs is 1. The van der Waals surface area contributed by atoms with E-state index in [2.05, 4.69) is 0 Å². The Morgan fingerprint density at radius 2 is 1.79 bits per heavy atom. The molecule has 140 valence electrons. The van der Waals surface area contributed by atoms with E-state index >= 15 is 0 Å². The highest BCUT2D eigenvalue weighted by Gasteiger charge is 2.18. The van der Waals surface area contributed by atoms with Crippen LogP contribution in [-0.2, 0) is 11.3 Å². The first-order valence-corrected chi connectivity index (χ1v) is 9.75. The topological polar surface area (TPSA) is 52.0 Å². The molecule has 0 bridgehead atoms. The second-order valence-electron chi connectivity index (χ2n) is 6.55. The lowest BCUT2D eigenvalue weighted by Gasteiger charge is -2.12. The number of aromatic nitrogens is 2. The highest BCUT2D eigenvalue weighted by Crippen LogP contribution is 2.32. The number of hydrogen-bond donors (Lipinski definition) is 0. The largest absolute Gasteiger partial charge is 0.300 e. The normalized spacial score (nSPS) is 11.1. The molecule has 0 aliphatic carbocycles. The summed E-state index contributed by atoms with van der Waals surface area (Å²) in [7, 11) is 0. The van der Waals surface area contributed by atoms with Gasteiger partial charge in [0.2, 0.25) is 0 Å². The van der Waals surface area contributed by atoms with E-state index in [0.717, 1.165) is 16.7 Å². The zero-order chi connectivity index (χ0) is 19.7. The molecule has 0 radical (unpaired) electrons. The number of Topliss-reactive ketones (excluding diaryl/α,β-unsaturated/α-hetero) is 1. The first-order chi connectivity index (χ1) is 13.5. The van der Waals surface area contributed by atoms with Gasteiger partial charge in [0, 0.05) is 29.5 Å². The van der Waals surface area contributed by atoms with E-state index in [4.69, 9.17) is 4.98 Å². The van der Waals surface area contributed by atoms with E-state index in [9.17, 15) is 14.0 Å². The van der Waals surface area contributed by atoms with Gasteiger partial charge in [-0.25, -0.2) is 9.37 Å². The molecule has 0 saturated carbocycles. The Hall–Kier alpha value is -3.12. The average molecular weight is 392 g/mol. The van der Waals surface area contributed by atoms with Crippen molar-refractivity contribution in [3.8, 4) is 22.5 Å². The predicted octanol–water partition coefficient (Wildman–Crippen LogP) is 4.91. The van der Waals surface area contributed by atoms with Crippen LogP contribution in [0.4, 0.5) is 4.39 Å². The van der Waals surface area contributed by atoms with Crippen molar-refractivity contribution in [1.29, 1.82) is 0 Å². The lowest BCUT2D eigenvalue weighted by atomic mass is 10.1. The summed E-state index contributed by atoms with van der Waals surface area (Å²) >= 11 is 1.38. The third-order valence-electron chi connectivity index (χ3n) is 4.57. The van der Waals surface area contributed by atoms with Crippen molar-refractivity contribution >= 4 is 27.3 Å². The fourth-order valence-electron chi connectivity index (χ4n) is 3.15. The van der Waals surface area contributed by atoms with Gasteiger partial charge in [-0.3, -0.25) is 14.2 Å². The van der Waals surface area contributed by atoms with Crippen LogP contribution in [-0.4, -0.2) is 15.3 Å². The maximum atomic E-state index is 13.4. The molecule has 2 heterocycles. The Morgan fingerprint density at radius 3 is 2.46 bits per heavy atom. The van der Waals surface area contributed by atoms with Crippen molar-refractivity contribution in [1.82, 2.24) is 9.55 Å². The summed E-state index contributed by atoms with van der Waals surface area (Å²) in [6.07, 6.45) is 0.253. The van der Waals surface area contributed by atoms with Crippen molar-refractivity contribution in [3.63, 3.8) is 0 Å². The third kappa shape index (κ3) is 3.39. The number of carbonyl (C=O) groups excluding carboxylic acids is 1. The molecule has 0 spiro atoms. The average Bonchev–Trinajstić information content (AvgIpc) is 3.12. The molecule has 0 fully saturated rings. The van der Waals surface area contributed by atoms with Crippen molar-refractivity contribution in [2.45, 2.75) is 19.9 Å². The third-order valence-corrected chi connectivity index (χ3v) is 5.44. The Bertz CT molecular complexity index is 1210. The smallest absolute Gasteiger partial charge is 0.263 e. The minimum Gasteiger partial charge on any atom is -0.300 e. The maximum Gasteiger partial charge on any atom is 0.263 e. The molecule has 4 aromatic rings. The fourth-order valence-corrected chi connectivity index (χ4v) is 4.09. The summed E-state index contributed by atoms with van der Waals surface area (Å²) in [5.74, 6) is 0.230. The standard InChI is InChI=1S/C22H17FN2O2S/c1-14(26)11-12-25-20(16-5-3-2-4-6-16)24-21-19(22(25)27)18(13-28-21)15-7-9-17(23)10-8-15/h2-10,13H,11-12H2,1H3. The van der Waals surface area contributed by atoms with Gasteiger partial charge in [0.1, 0.15) is 22.3 Å². The van der Waals surface area contributed by atoms with Crippen LogP contribution in [0.5, 0.6) is 0 Å². The van der Waals surface area contributed by atoms with Crippen molar-refractivity contribution < 1.29 is 9.18 Å². The minimum absolute atomic E-state index is 0.00934. The number of thiophene rings is 1. The summed E-state index contributed by atoms with van der Waals surface area (Å²) in [6.45, 7) is 1.77. The van der Waals surface area contributed by atoms with Crippen LogP contribution in [0, 0.1) is 5.82 Å². The van der Waals surface area contributed by atoms with Gasteiger partial charge >= 0.3 is 0 Å². The first-order valence-electron chi connectivity index (χ1n) is 8.87. The molecule has 28 heavy (non-hydrogen) atoms. The number of carbonyl (C=O) groups is 1. The van der Waals surface area contributed by atoms with Crippen LogP contribution >= 0.6 is 11.3 Å². The van der Waals surface area contributed by atoms with Gasteiger partial charge in [-0.1, -0.05) is 42.5 Å². The minimum atomic E-state index is -0.327. The summed E-state index contributed by atoms with van der Waals surface area (Å²) < 4.78 is 14.9. The zero-order valence-corrected chi connectivity index (χ0v) is 16.0. The molecule has 0 N–H and O–H groups in total. The molecule has 4 nitrogen and oxygen atoms in total. The number of nitrogens with zero attached hydrogens (tertiary/aromatic N) is 2. The quantitative estimate of drug-likeness (QED) is 0.485. The number of ketones is 1. The molecule has 0 saturated heterocycles. The van der Waals surface area contributed by atoms with Gasteiger partial charge < -0.3 is 0 Å². The molecule has 2 aromatic heterocycles. The Kier molecular flexibility index (Phi) is 4.88. The molecule has 6 heteroatoms. The Balaban J connectivity index is 1.96. The summed E-state index contributed by atoms with van der Waals surface area (Å²) in [5, 5.41) is 2.37. The molecular formula is C22H17FN2O2S. The summed E-state index contributed by atoms with van der Waals surface area (Å²) in [6, 6.07) is 15.5. The second-order valence-corrected chi connectivity index (χ2v) is 7.40. The van der Waals surface area contributed by atoms with Gasteiger partial charge in [0.25, 0.3) is 5.56 Å². The molecule has 0 aliphatic rings. The Labute approximate surface area is 164 Å². The lowest BCUT2D eigenvalue weighted by molar-refractivity contribution is -0.117. The molecule has 0 amide bonds. The fraction of sp³-hybridized carbons (Fsp3) is 0.136. The Morgan fingerprint density at radius 1 is 1.07 bits per heavy atom. The maximum absolute atomic E-state index is 13.4. The van der Waals surface area contributed by atoms with Gasteiger partial charge in [-0.2, -0.15) is 0 Å². The van der Waals surface area contributed by atoms with Crippen LogP contribution in [0.15, 0.2) is 64.8 Å². The molecular weight excluding hydrogens is 375 g/mol. The number of rotatable bonds is 5. The number of benzene rings is 2.